The zero-order chi connectivity index (χ0) is 8.10. The van der Waals surface area contributed by atoms with E-state index >= 15 is 0 Å². The average Bonchev–Trinajstić information content (AvgIpc) is 2.04. The van der Waals surface area contributed by atoms with E-state index in [1.54, 1.807) is 12.4 Å². The van der Waals surface area contributed by atoms with Crippen molar-refractivity contribution in [2.75, 3.05) is 13.2 Å². The molecule has 11 heavy (non-hydrogen) atoms. The normalized spacial score (nSPS) is 9.64. The van der Waals surface area contributed by atoms with E-state index in [1.165, 1.54) is 0 Å². The number of ether oxygens (including phenoxy) is 1. The van der Waals surface area contributed by atoms with Crippen LogP contribution in [0, 0.1) is 0 Å². The molecular weight excluding hydrogens is 212 g/mol. The van der Waals surface area contributed by atoms with E-state index in [1.807, 2.05) is 0 Å². The number of aliphatic hydroxyl groups is 1. The first kappa shape index (κ1) is 8.42. The lowest BCUT2D eigenvalue weighted by Gasteiger charge is -1.99. The van der Waals surface area contributed by atoms with Crippen LogP contribution in [-0.4, -0.2) is 28.3 Å². The van der Waals surface area contributed by atoms with Gasteiger partial charge >= 0.3 is 6.01 Å². The minimum absolute atomic E-state index is 0.0283. The summed E-state index contributed by atoms with van der Waals surface area (Å²) in [5.41, 5.74) is 0. The minimum Gasteiger partial charge on any atom is -0.461 e. The molecule has 1 heterocycles. The summed E-state index contributed by atoms with van der Waals surface area (Å²) in [4.78, 5) is 7.65. The highest BCUT2D eigenvalue weighted by atomic mass is 79.9. The number of aromatic nitrogens is 2. The molecule has 4 nitrogen and oxygen atoms in total. The molecule has 60 valence electrons. The Labute approximate surface area is 72.4 Å². The number of rotatable bonds is 3. The maximum Gasteiger partial charge on any atom is 0.316 e. The van der Waals surface area contributed by atoms with E-state index in [9.17, 15) is 0 Å². The van der Waals surface area contributed by atoms with Crippen molar-refractivity contribution >= 4 is 15.9 Å². The molecule has 0 aliphatic heterocycles. The molecule has 1 aromatic rings. The third-order valence-corrected chi connectivity index (χ3v) is 1.33. The Bertz CT molecular complexity index is 214. The molecule has 0 aromatic carbocycles. The van der Waals surface area contributed by atoms with Crippen LogP contribution in [0.3, 0.4) is 0 Å². The SMILES string of the molecule is OCCOc1ncc(Br)cn1. The summed E-state index contributed by atoms with van der Waals surface area (Å²) in [6, 6.07) is 0.280. The van der Waals surface area contributed by atoms with Crippen LogP contribution < -0.4 is 4.74 Å². The first-order chi connectivity index (χ1) is 5.33. The highest BCUT2D eigenvalue weighted by Crippen LogP contribution is 2.07. The summed E-state index contributed by atoms with van der Waals surface area (Å²) in [5, 5.41) is 8.39. The maximum atomic E-state index is 8.39. The van der Waals surface area contributed by atoms with Crippen molar-refractivity contribution < 1.29 is 9.84 Å². The fraction of sp³-hybridized carbons (Fsp3) is 0.333. The van der Waals surface area contributed by atoms with Crippen molar-refractivity contribution in [2.24, 2.45) is 0 Å². The summed E-state index contributed by atoms with van der Waals surface area (Å²) in [5.74, 6) is 0. The predicted molar refractivity (Wildman–Crippen MR) is 42.3 cm³/mol. The highest BCUT2D eigenvalue weighted by Gasteiger charge is 1.94. The second kappa shape index (κ2) is 4.25. The molecule has 0 aliphatic rings. The van der Waals surface area contributed by atoms with E-state index in [2.05, 4.69) is 25.9 Å². The van der Waals surface area contributed by atoms with Gasteiger partial charge in [-0.2, -0.15) is 0 Å². The van der Waals surface area contributed by atoms with Gasteiger partial charge in [0.25, 0.3) is 0 Å². The van der Waals surface area contributed by atoms with E-state index in [4.69, 9.17) is 9.84 Å². The van der Waals surface area contributed by atoms with Crippen molar-refractivity contribution in [1.82, 2.24) is 9.97 Å². The molecule has 0 atom stereocenters. The predicted octanol–water partition coefficient (Wildman–Crippen LogP) is 0.610. The van der Waals surface area contributed by atoms with Gasteiger partial charge in [0.15, 0.2) is 0 Å². The van der Waals surface area contributed by atoms with Crippen LogP contribution in [0.15, 0.2) is 16.9 Å². The summed E-state index contributed by atoms with van der Waals surface area (Å²) < 4.78 is 5.72. The molecule has 0 amide bonds. The first-order valence-electron chi connectivity index (χ1n) is 3.04. The number of nitrogens with zero attached hydrogens (tertiary/aromatic N) is 2. The van der Waals surface area contributed by atoms with Gasteiger partial charge in [0.05, 0.1) is 11.1 Å². The van der Waals surface area contributed by atoms with Gasteiger partial charge in [0.2, 0.25) is 0 Å². The number of hydrogen-bond acceptors (Lipinski definition) is 4. The Morgan fingerprint density at radius 2 is 2.09 bits per heavy atom. The Morgan fingerprint density at radius 1 is 1.45 bits per heavy atom. The van der Waals surface area contributed by atoms with E-state index in [0.29, 0.717) is 0 Å². The van der Waals surface area contributed by atoms with Crippen LogP contribution in [0.5, 0.6) is 6.01 Å². The summed E-state index contributed by atoms with van der Waals surface area (Å²) in [6.45, 7) is 0.195. The maximum absolute atomic E-state index is 8.39. The van der Waals surface area contributed by atoms with Crippen molar-refractivity contribution in [3.8, 4) is 6.01 Å². The van der Waals surface area contributed by atoms with Crippen LogP contribution in [0.25, 0.3) is 0 Å². The smallest absolute Gasteiger partial charge is 0.316 e. The van der Waals surface area contributed by atoms with E-state index in [0.717, 1.165) is 4.47 Å². The van der Waals surface area contributed by atoms with Gasteiger partial charge in [-0.05, 0) is 15.9 Å². The Kier molecular flexibility index (Phi) is 3.25. The lowest BCUT2D eigenvalue weighted by atomic mass is 10.7. The van der Waals surface area contributed by atoms with Crippen molar-refractivity contribution in [3.05, 3.63) is 16.9 Å². The van der Waals surface area contributed by atoms with E-state index in [-0.39, 0.29) is 19.2 Å². The summed E-state index contributed by atoms with van der Waals surface area (Å²) in [6.07, 6.45) is 3.17. The molecule has 0 spiro atoms. The van der Waals surface area contributed by atoms with Gasteiger partial charge in [-0.1, -0.05) is 0 Å². The van der Waals surface area contributed by atoms with E-state index < -0.39 is 0 Å². The molecule has 0 aliphatic carbocycles. The van der Waals surface area contributed by atoms with Gasteiger partial charge in [-0.25, -0.2) is 9.97 Å². The van der Waals surface area contributed by atoms with Gasteiger partial charge in [-0.3, -0.25) is 0 Å². The Hall–Kier alpha value is -0.680. The summed E-state index contributed by atoms with van der Waals surface area (Å²) >= 11 is 3.18. The van der Waals surface area contributed by atoms with Gasteiger partial charge < -0.3 is 9.84 Å². The van der Waals surface area contributed by atoms with Gasteiger partial charge in [0, 0.05) is 12.4 Å². The molecular formula is C6H7BrN2O2. The van der Waals surface area contributed by atoms with Gasteiger partial charge in [0.1, 0.15) is 6.61 Å². The third kappa shape index (κ3) is 2.81. The molecule has 0 radical (unpaired) electrons. The standard InChI is InChI=1S/C6H7BrN2O2/c7-5-3-8-6(9-4-5)11-2-1-10/h3-4,10H,1-2H2. The molecule has 0 bridgehead atoms. The molecule has 0 fully saturated rings. The molecule has 1 aromatic heterocycles. The topological polar surface area (TPSA) is 55.2 Å². The quantitative estimate of drug-likeness (QED) is 0.809. The number of halogens is 1. The average molecular weight is 219 g/mol. The zero-order valence-corrected chi connectivity index (χ0v) is 7.28. The van der Waals surface area contributed by atoms with Gasteiger partial charge in [-0.15, -0.1) is 0 Å². The lowest BCUT2D eigenvalue weighted by molar-refractivity contribution is 0.191. The third-order valence-electron chi connectivity index (χ3n) is 0.919. The van der Waals surface area contributed by atoms with Crippen LogP contribution in [0.2, 0.25) is 0 Å². The first-order valence-corrected chi connectivity index (χ1v) is 3.83. The molecule has 5 heteroatoms. The van der Waals surface area contributed by atoms with Crippen LogP contribution in [0.4, 0.5) is 0 Å². The molecule has 0 unspecified atom stereocenters. The number of hydrogen-bond donors (Lipinski definition) is 1. The fourth-order valence-corrected chi connectivity index (χ4v) is 0.717. The Balaban J connectivity index is 2.52. The molecule has 0 saturated carbocycles. The monoisotopic (exact) mass is 218 g/mol. The molecule has 1 rings (SSSR count). The second-order valence-electron chi connectivity index (χ2n) is 1.76. The zero-order valence-electron chi connectivity index (χ0n) is 5.70. The lowest BCUT2D eigenvalue weighted by Crippen LogP contribution is -2.04. The van der Waals surface area contributed by atoms with Crippen LogP contribution >= 0.6 is 15.9 Å². The minimum atomic E-state index is -0.0283. The molecule has 0 saturated heterocycles. The van der Waals surface area contributed by atoms with Crippen LogP contribution in [-0.2, 0) is 0 Å². The fourth-order valence-electron chi connectivity index (χ4n) is 0.512. The highest BCUT2D eigenvalue weighted by molar-refractivity contribution is 9.10. The second-order valence-corrected chi connectivity index (χ2v) is 2.67. The van der Waals surface area contributed by atoms with Crippen molar-refractivity contribution in [3.63, 3.8) is 0 Å². The molecule has 1 N–H and O–H groups in total. The van der Waals surface area contributed by atoms with Crippen molar-refractivity contribution in [1.29, 1.82) is 0 Å². The summed E-state index contributed by atoms with van der Waals surface area (Å²) in [7, 11) is 0. The number of aliphatic hydroxyl groups excluding tert-OH is 1. The van der Waals surface area contributed by atoms with Crippen LogP contribution in [0.1, 0.15) is 0 Å². The largest absolute Gasteiger partial charge is 0.461 e. The van der Waals surface area contributed by atoms with Crippen molar-refractivity contribution in [2.45, 2.75) is 0 Å². The Morgan fingerprint density at radius 3 is 2.64 bits per heavy atom.